The van der Waals surface area contributed by atoms with Crippen LogP contribution in [-0.2, 0) is 0 Å². The van der Waals surface area contributed by atoms with Gasteiger partial charge in [-0.05, 0) is 30.7 Å². The molecule has 32 heavy (non-hydrogen) atoms. The lowest BCUT2D eigenvalue weighted by Gasteiger charge is -2.22. The number of carbonyl (C=O) groups excluding carboxylic acids is 1. The van der Waals surface area contributed by atoms with Gasteiger partial charge in [0.2, 0.25) is 0 Å². The first-order chi connectivity index (χ1) is 15.3. The number of carbonyl (C=O) groups is 1. The highest BCUT2D eigenvalue weighted by atomic mass is 19.4. The first kappa shape index (κ1) is 20.2. The van der Waals surface area contributed by atoms with Crippen molar-refractivity contribution in [1.29, 1.82) is 0 Å². The van der Waals surface area contributed by atoms with Gasteiger partial charge in [-0.3, -0.25) is 9.89 Å². The molecule has 3 heterocycles. The Balaban J connectivity index is 1.58. The molecule has 2 aromatic carbocycles. The zero-order valence-corrected chi connectivity index (χ0v) is 16.4. The largest absolute Gasteiger partial charge is 0.573 e. The predicted molar refractivity (Wildman–Crippen MR) is 108 cm³/mol. The van der Waals surface area contributed by atoms with Crippen LogP contribution in [0.15, 0.2) is 42.6 Å². The average Bonchev–Trinajstić information content (AvgIpc) is 3.38. The Morgan fingerprint density at radius 1 is 1.16 bits per heavy atom. The molecule has 166 valence electrons. The first-order valence-electron chi connectivity index (χ1n) is 9.77. The second kappa shape index (κ2) is 7.45. The number of nitrogens with zero attached hydrogens (tertiary/aromatic N) is 2. The van der Waals surface area contributed by atoms with Gasteiger partial charge in [0.25, 0.3) is 5.91 Å². The summed E-state index contributed by atoms with van der Waals surface area (Å²) in [6, 6.07) is 8.53. The van der Waals surface area contributed by atoms with E-state index in [4.69, 9.17) is 4.74 Å². The van der Waals surface area contributed by atoms with Gasteiger partial charge >= 0.3 is 6.36 Å². The summed E-state index contributed by atoms with van der Waals surface area (Å²) < 4.78 is 47.6. The maximum atomic E-state index is 12.9. The van der Waals surface area contributed by atoms with Crippen LogP contribution in [0.5, 0.6) is 17.2 Å². The number of fused-ring (bicyclic) bond motifs is 2. The van der Waals surface area contributed by atoms with Crippen molar-refractivity contribution in [1.82, 2.24) is 10.2 Å². The summed E-state index contributed by atoms with van der Waals surface area (Å²) in [5.74, 6) is -0.615. The van der Waals surface area contributed by atoms with E-state index < -0.39 is 24.1 Å². The number of aromatic amines is 1. The Labute approximate surface area is 179 Å². The van der Waals surface area contributed by atoms with Crippen LogP contribution in [0.4, 0.5) is 24.5 Å². The molecule has 5 rings (SSSR count). The van der Waals surface area contributed by atoms with Crippen molar-refractivity contribution in [2.75, 3.05) is 23.3 Å². The van der Waals surface area contributed by atoms with E-state index in [0.29, 0.717) is 30.8 Å². The van der Waals surface area contributed by atoms with E-state index in [0.717, 1.165) is 17.8 Å². The van der Waals surface area contributed by atoms with Crippen LogP contribution in [0.3, 0.4) is 0 Å². The molecule has 1 amide bonds. The lowest BCUT2D eigenvalue weighted by atomic mass is 10.0. The van der Waals surface area contributed by atoms with Gasteiger partial charge in [0.1, 0.15) is 11.5 Å². The van der Waals surface area contributed by atoms with E-state index in [1.165, 1.54) is 6.07 Å². The molecule has 3 N–H and O–H groups in total. The Morgan fingerprint density at radius 3 is 2.69 bits per heavy atom. The molecule has 2 aliphatic heterocycles. The molecule has 0 bridgehead atoms. The number of hydrogen-bond acceptors (Lipinski definition) is 6. The number of β-amino-alcohol motifs (C(OH)–C–C–N with tert-alkyl or cyclic N) is 1. The van der Waals surface area contributed by atoms with E-state index in [1.807, 2.05) is 4.90 Å². The van der Waals surface area contributed by atoms with Crippen LogP contribution in [0.1, 0.15) is 16.8 Å². The van der Waals surface area contributed by atoms with Crippen LogP contribution in [0, 0.1) is 0 Å². The van der Waals surface area contributed by atoms with E-state index in [9.17, 15) is 23.1 Å². The zero-order valence-electron chi connectivity index (χ0n) is 16.4. The molecule has 3 aromatic rings. The molecular formula is C21H17F3N4O4. The van der Waals surface area contributed by atoms with Crippen molar-refractivity contribution >= 4 is 17.3 Å². The van der Waals surface area contributed by atoms with Gasteiger partial charge in [0.05, 0.1) is 28.7 Å². The van der Waals surface area contributed by atoms with Crippen LogP contribution in [0.2, 0.25) is 0 Å². The second-order valence-electron chi connectivity index (χ2n) is 7.48. The minimum absolute atomic E-state index is 0.0485. The lowest BCUT2D eigenvalue weighted by Crippen LogP contribution is -2.22. The molecule has 0 spiro atoms. The van der Waals surface area contributed by atoms with Crippen LogP contribution in [0.25, 0.3) is 11.3 Å². The van der Waals surface area contributed by atoms with Gasteiger partial charge in [-0.15, -0.1) is 13.2 Å². The predicted octanol–water partition coefficient (Wildman–Crippen LogP) is 3.90. The monoisotopic (exact) mass is 446 g/mol. The third kappa shape index (κ3) is 3.82. The minimum Gasteiger partial charge on any atom is -0.454 e. The highest BCUT2D eigenvalue weighted by molar-refractivity contribution is 6.09. The summed E-state index contributed by atoms with van der Waals surface area (Å²) in [5, 5.41) is 19.5. The Bertz CT molecular complexity index is 1180. The van der Waals surface area contributed by atoms with Gasteiger partial charge < -0.3 is 24.8 Å². The molecule has 8 nitrogen and oxygen atoms in total. The zero-order chi connectivity index (χ0) is 22.5. The number of ether oxygens (including phenoxy) is 2. The molecule has 2 aliphatic rings. The number of alkyl halides is 3. The Kier molecular flexibility index (Phi) is 4.70. The fraction of sp³-hybridized carbons (Fsp3) is 0.238. The molecule has 1 fully saturated rings. The standard InChI is InChI=1S/C21H17F3N4O4/c22-21(23,24)32-12-1-2-18-16(7-12)26-20(30)14-8-13(15-3-5-25-27-15)17(9-19(14)31-18)28-6-4-11(29)10-28/h1-3,5,7-9,11,29H,4,6,10H2,(H,25,27)(H,26,30). The van der Waals surface area contributed by atoms with E-state index in [1.54, 1.807) is 24.4 Å². The summed E-state index contributed by atoms with van der Waals surface area (Å²) in [7, 11) is 0. The number of nitrogens with one attached hydrogen (secondary N) is 2. The fourth-order valence-electron chi connectivity index (χ4n) is 3.87. The topological polar surface area (TPSA) is 99.7 Å². The van der Waals surface area contributed by atoms with Crippen molar-refractivity contribution in [3.8, 4) is 28.5 Å². The summed E-state index contributed by atoms with van der Waals surface area (Å²) in [6.07, 6.45) is -3.08. The van der Waals surface area contributed by atoms with E-state index in [-0.39, 0.29) is 22.7 Å². The molecule has 0 radical (unpaired) electrons. The fourth-order valence-corrected chi connectivity index (χ4v) is 3.87. The van der Waals surface area contributed by atoms with Gasteiger partial charge in [0, 0.05) is 37.0 Å². The molecule has 1 aromatic heterocycles. The number of anilines is 2. The summed E-state index contributed by atoms with van der Waals surface area (Å²) >= 11 is 0. The van der Waals surface area contributed by atoms with Crippen molar-refractivity contribution in [2.45, 2.75) is 18.9 Å². The SMILES string of the molecule is O=C1Nc2cc(OC(F)(F)F)ccc2Oc2cc(N3CCC(O)C3)c(-c3cc[nH]n3)cc21. The number of aliphatic hydroxyl groups excluding tert-OH is 1. The number of aliphatic hydroxyl groups is 1. The molecule has 1 unspecified atom stereocenters. The Morgan fingerprint density at radius 2 is 2.00 bits per heavy atom. The first-order valence-corrected chi connectivity index (χ1v) is 9.77. The van der Waals surface area contributed by atoms with Gasteiger partial charge in [-0.25, -0.2) is 0 Å². The van der Waals surface area contributed by atoms with Crippen LogP contribution < -0.4 is 19.7 Å². The number of benzene rings is 2. The van der Waals surface area contributed by atoms with Crippen molar-refractivity contribution in [3.05, 3.63) is 48.2 Å². The second-order valence-corrected chi connectivity index (χ2v) is 7.48. The summed E-state index contributed by atoms with van der Waals surface area (Å²) in [4.78, 5) is 14.9. The van der Waals surface area contributed by atoms with E-state index >= 15 is 0 Å². The number of hydrogen-bond donors (Lipinski definition) is 3. The molecular weight excluding hydrogens is 429 g/mol. The number of H-pyrrole nitrogens is 1. The minimum atomic E-state index is -4.86. The molecule has 11 heteroatoms. The molecule has 1 saturated heterocycles. The highest BCUT2D eigenvalue weighted by Gasteiger charge is 2.32. The summed E-state index contributed by atoms with van der Waals surface area (Å²) in [6.45, 7) is 1.02. The molecule has 0 aliphatic carbocycles. The third-order valence-corrected chi connectivity index (χ3v) is 5.28. The molecule has 1 atom stereocenters. The van der Waals surface area contributed by atoms with Gasteiger partial charge in [0.15, 0.2) is 5.75 Å². The smallest absolute Gasteiger partial charge is 0.454 e. The number of halogens is 3. The van der Waals surface area contributed by atoms with Crippen molar-refractivity contribution in [2.24, 2.45) is 0 Å². The molecule has 0 saturated carbocycles. The van der Waals surface area contributed by atoms with Crippen LogP contribution in [-0.4, -0.2) is 46.8 Å². The lowest BCUT2D eigenvalue weighted by molar-refractivity contribution is -0.274. The summed E-state index contributed by atoms with van der Waals surface area (Å²) in [5.41, 5.74) is 2.22. The normalized spacial score (nSPS) is 17.8. The van der Waals surface area contributed by atoms with E-state index in [2.05, 4.69) is 20.3 Å². The van der Waals surface area contributed by atoms with Gasteiger partial charge in [-0.2, -0.15) is 5.10 Å². The average molecular weight is 446 g/mol. The quantitative estimate of drug-likeness (QED) is 0.564. The van der Waals surface area contributed by atoms with Gasteiger partial charge in [-0.1, -0.05) is 0 Å². The maximum absolute atomic E-state index is 12.9. The highest BCUT2D eigenvalue weighted by Crippen LogP contribution is 2.43. The van der Waals surface area contributed by atoms with Crippen molar-refractivity contribution in [3.63, 3.8) is 0 Å². The maximum Gasteiger partial charge on any atom is 0.573 e. The Hall–Kier alpha value is -3.73. The number of aromatic nitrogens is 2. The van der Waals surface area contributed by atoms with Crippen LogP contribution >= 0.6 is 0 Å². The number of rotatable bonds is 3. The van der Waals surface area contributed by atoms with Crippen molar-refractivity contribution < 1.29 is 32.5 Å². The number of amides is 1. The third-order valence-electron chi connectivity index (χ3n) is 5.28.